The third kappa shape index (κ3) is 4.14. The molecule has 2 saturated heterocycles. The Bertz CT molecular complexity index is 1150. The number of carbonyl (C=O) groups is 2. The fourth-order valence-corrected chi connectivity index (χ4v) is 5.77. The Morgan fingerprint density at radius 1 is 1.09 bits per heavy atom. The summed E-state index contributed by atoms with van der Waals surface area (Å²) in [7, 11) is 0. The minimum Gasteiger partial charge on any atom is -0.355 e. The summed E-state index contributed by atoms with van der Waals surface area (Å²) in [6.07, 6.45) is 4.11. The van der Waals surface area contributed by atoms with Gasteiger partial charge >= 0.3 is 0 Å². The molecule has 6 nitrogen and oxygen atoms in total. The van der Waals surface area contributed by atoms with E-state index in [0.29, 0.717) is 38.5 Å². The third-order valence-corrected chi connectivity index (χ3v) is 7.57. The van der Waals surface area contributed by atoms with E-state index in [9.17, 15) is 9.59 Å². The van der Waals surface area contributed by atoms with Crippen LogP contribution in [0.2, 0.25) is 0 Å². The van der Waals surface area contributed by atoms with E-state index in [4.69, 9.17) is 4.98 Å². The molecule has 3 aromatic rings. The number of rotatable bonds is 5. The minimum absolute atomic E-state index is 0.0739. The number of nitrogens with one attached hydrogen (secondary N) is 1. The van der Waals surface area contributed by atoms with Gasteiger partial charge in [0.05, 0.1) is 11.0 Å². The van der Waals surface area contributed by atoms with Crippen LogP contribution >= 0.6 is 0 Å². The molecule has 2 amide bonds. The number of imidazole rings is 1. The average Bonchev–Trinajstić information content (AvgIpc) is 3.17. The lowest BCUT2D eigenvalue weighted by Gasteiger charge is -2.49. The average molecular weight is 445 g/mol. The number of para-hydroxylation sites is 2. The molecular weight excluding hydrogens is 412 g/mol. The van der Waals surface area contributed by atoms with Gasteiger partial charge in [0.1, 0.15) is 12.4 Å². The number of piperidine rings is 2. The summed E-state index contributed by atoms with van der Waals surface area (Å²) in [6.45, 7) is 4.54. The van der Waals surface area contributed by atoms with Gasteiger partial charge in [0, 0.05) is 38.4 Å². The van der Waals surface area contributed by atoms with Crippen molar-refractivity contribution in [2.45, 2.75) is 51.5 Å². The standard InChI is InChI=1S/C27H32N4O2/c1-2-8-24-29-22-11-6-7-12-23(22)31(24)19-26(33)30-15-13-27(14-16-30)17-25(32)28-18-21(27)20-9-4-3-5-10-20/h3-7,9-12,21H,2,8,13-19H2,1H3,(H,28,32). The zero-order chi connectivity index (χ0) is 22.8. The highest BCUT2D eigenvalue weighted by molar-refractivity contribution is 5.81. The van der Waals surface area contributed by atoms with Crippen LogP contribution in [-0.4, -0.2) is 45.9 Å². The maximum Gasteiger partial charge on any atom is 0.242 e. The minimum atomic E-state index is -0.0739. The summed E-state index contributed by atoms with van der Waals surface area (Å²) in [6, 6.07) is 18.6. The Kier molecular flexibility index (Phi) is 5.92. The Labute approximate surface area is 195 Å². The number of benzene rings is 2. The molecule has 172 valence electrons. The second-order valence-electron chi connectivity index (χ2n) is 9.54. The predicted octanol–water partition coefficient (Wildman–Crippen LogP) is 3.90. The highest BCUT2D eigenvalue weighted by Gasteiger charge is 2.46. The Balaban J connectivity index is 1.33. The molecule has 0 saturated carbocycles. The summed E-state index contributed by atoms with van der Waals surface area (Å²) in [4.78, 5) is 32.5. The summed E-state index contributed by atoms with van der Waals surface area (Å²) >= 11 is 0. The molecular formula is C27H32N4O2. The van der Waals surface area contributed by atoms with Gasteiger partial charge in [-0.15, -0.1) is 0 Å². The first-order valence-electron chi connectivity index (χ1n) is 12.1. The van der Waals surface area contributed by atoms with E-state index in [-0.39, 0.29) is 17.2 Å². The van der Waals surface area contributed by atoms with E-state index in [2.05, 4.69) is 41.1 Å². The van der Waals surface area contributed by atoms with Crippen LogP contribution in [0.15, 0.2) is 54.6 Å². The zero-order valence-corrected chi connectivity index (χ0v) is 19.3. The van der Waals surface area contributed by atoms with Crippen molar-refractivity contribution in [3.8, 4) is 0 Å². The van der Waals surface area contributed by atoms with Gasteiger partial charge < -0.3 is 14.8 Å². The molecule has 33 heavy (non-hydrogen) atoms. The Hall–Kier alpha value is -3.15. The van der Waals surface area contributed by atoms with E-state index in [1.807, 2.05) is 35.2 Å². The molecule has 0 radical (unpaired) electrons. The van der Waals surface area contributed by atoms with Gasteiger partial charge in [-0.3, -0.25) is 9.59 Å². The molecule has 2 aromatic carbocycles. The molecule has 6 heteroatoms. The number of amides is 2. The lowest BCUT2D eigenvalue weighted by atomic mass is 9.62. The van der Waals surface area contributed by atoms with Crippen molar-refractivity contribution in [1.29, 1.82) is 0 Å². The second kappa shape index (κ2) is 9.00. The van der Waals surface area contributed by atoms with Crippen LogP contribution < -0.4 is 5.32 Å². The van der Waals surface area contributed by atoms with Gasteiger partial charge in [0.2, 0.25) is 11.8 Å². The van der Waals surface area contributed by atoms with Crippen molar-refractivity contribution in [1.82, 2.24) is 19.8 Å². The first-order chi connectivity index (χ1) is 16.1. The molecule has 1 aromatic heterocycles. The van der Waals surface area contributed by atoms with Gasteiger partial charge in [-0.25, -0.2) is 4.98 Å². The van der Waals surface area contributed by atoms with Crippen LogP contribution in [0.5, 0.6) is 0 Å². The van der Waals surface area contributed by atoms with Crippen LogP contribution in [0.25, 0.3) is 11.0 Å². The number of aryl methyl sites for hydroxylation is 1. The SMILES string of the molecule is CCCc1nc2ccccc2n1CC(=O)N1CCC2(CC1)CC(=O)NCC2c1ccccc1. The molecule has 1 atom stereocenters. The predicted molar refractivity (Wildman–Crippen MR) is 129 cm³/mol. The van der Waals surface area contributed by atoms with E-state index >= 15 is 0 Å². The largest absolute Gasteiger partial charge is 0.355 e. The van der Waals surface area contributed by atoms with Crippen LogP contribution in [0.1, 0.15) is 49.9 Å². The molecule has 2 fully saturated rings. The van der Waals surface area contributed by atoms with E-state index in [1.165, 1.54) is 5.56 Å². The maximum atomic E-state index is 13.4. The fraction of sp³-hybridized carbons (Fsp3) is 0.444. The Morgan fingerprint density at radius 2 is 1.82 bits per heavy atom. The molecule has 5 rings (SSSR count). The zero-order valence-electron chi connectivity index (χ0n) is 19.3. The van der Waals surface area contributed by atoms with Crippen molar-refractivity contribution in [3.05, 3.63) is 66.0 Å². The molecule has 2 aliphatic heterocycles. The summed E-state index contributed by atoms with van der Waals surface area (Å²) < 4.78 is 2.09. The van der Waals surface area contributed by atoms with Gasteiger partial charge in [-0.2, -0.15) is 0 Å². The van der Waals surface area contributed by atoms with Crippen molar-refractivity contribution in [3.63, 3.8) is 0 Å². The third-order valence-electron chi connectivity index (χ3n) is 7.57. The highest BCUT2D eigenvalue weighted by Crippen LogP contribution is 2.48. The lowest BCUT2D eigenvalue weighted by Crippen LogP contribution is -2.53. The highest BCUT2D eigenvalue weighted by atomic mass is 16.2. The molecule has 1 spiro atoms. The smallest absolute Gasteiger partial charge is 0.242 e. The molecule has 3 heterocycles. The molecule has 0 aliphatic carbocycles. The van der Waals surface area contributed by atoms with Gasteiger partial charge in [0.15, 0.2) is 0 Å². The number of nitrogens with zero attached hydrogens (tertiary/aromatic N) is 3. The van der Waals surface area contributed by atoms with Crippen molar-refractivity contribution < 1.29 is 9.59 Å². The van der Waals surface area contributed by atoms with Gasteiger partial charge in [0.25, 0.3) is 0 Å². The molecule has 0 bridgehead atoms. The van der Waals surface area contributed by atoms with Crippen LogP contribution in [0, 0.1) is 5.41 Å². The van der Waals surface area contributed by atoms with E-state index < -0.39 is 0 Å². The summed E-state index contributed by atoms with van der Waals surface area (Å²) in [5, 5.41) is 3.07. The number of hydrogen-bond acceptors (Lipinski definition) is 3. The molecule has 1 N–H and O–H groups in total. The number of hydrogen-bond donors (Lipinski definition) is 1. The van der Waals surface area contributed by atoms with Crippen molar-refractivity contribution >= 4 is 22.8 Å². The molecule has 2 aliphatic rings. The van der Waals surface area contributed by atoms with Gasteiger partial charge in [-0.1, -0.05) is 49.4 Å². The number of fused-ring (bicyclic) bond motifs is 1. The summed E-state index contributed by atoms with van der Waals surface area (Å²) in [5.41, 5.74) is 3.18. The lowest BCUT2D eigenvalue weighted by molar-refractivity contribution is -0.136. The Morgan fingerprint density at radius 3 is 2.58 bits per heavy atom. The number of aromatic nitrogens is 2. The van der Waals surface area contributed by atoms with Gasteiger partial charge in [-0.05, 0) is 42.4 Å². The fourth-order valence-electron chi connectivity index (χ4n) is 5.77. The monoisotopic (exact) mass is 444 g/mol. The van der Waals surface area contributed by atoms with E-state index in [0.717, 1.165) is 42.5 Å². The number of likely N-dealkylation sites (tertiary alicyclic amines) is 1. The topological polar surface area (TPSA) is 67.2 Å². The van der Waals surface area contributed by atoms with Crippen LogP contribution in [-0.2, 0) is 22.6 Å². The quantitative estimate of drug-likeness (QED) is 0.649. The van der Waals surface area contributed by atoms with Crippen molar-refractivity contribution in [2.75, 3.05) is 19.6 Å². The van der Waals surface area contributed by atoms with Crippen LogP contribution in [0.4, 0.5) is 0 Å². The number of carbonyl (C=O) groups excluding carboxylic acids is 2. The normalized spacial score (nSPS) is 20.2. The first kappa shape index (κ1) is 21.7. The first-order valence-corrected chi connectivity index (χ1v) is 12.1. The van der Waals surface area contributed by atoms with Crippen LogP contribution in [0.3, 0.4) is 0 Å². The maximum absolute atomic E-state index is 13.4. The van der Waals surface area contributed by atoms with Crippen molar-refractivity contribution in [2.24, 2.45) is 5.41 Å². The molecule has 1 unspecified atom stereocenters. The summed E-state index contributed by atoms with van der Waals surface area (Å²) in [5.74, 6) is 1.55. The van der Waals surface area contributed by atoms with E-state index in [1.54, 1.807) is 0 Å². The second-order valence-corrected chi connectivity index (χ2v) is 9.54.